The zero-order valence-electron chi connectivity index (χ0n) is 54.3. The van der Waals surface area contributed by atoms with E-state index in [0.717, 1.165) is 5.03 Å². The van der Waals surface area contributed by atoms with Crippen LogP contribution in [0.1, 0.15) is 137 Å². The number of amides is 7. The van der Waals surface area contributed by atoms with Gasteiger partial charge in [-0.05, 0) is 171 Å². The van der Waals surface area contributed by atoms with Crippen LogP contribution >= 0.6 is 21.6 Å². The number of aromatic nitrogens is 1. The van der Waals surface area contributed by atoms with Crippen LogP contribution in [0.3, 0.4) is 0 Å². The zero-order chi connectivity index (χ0) is 66.8. The largest absolute Gasteiger partial charge is 0.491 e. The predicted octanol–water partition coefficient (Wildman–Crippen LogP) is 10.5. The molecule has 0 radical (unpaired) electrons. The number of guanidine groups is 3. The molecule has 0 fully saturated rings. The molecule has 1 heterocycles. The number of pyridine rings is 1. The fraction of sp³-hybridized carbons (Fsp3) is 0.550. The first-order valence-electron chi connectivity index (χ1n) is 28.4. The van der Waals surface area contributed by atoms with Gasteiger partial charge in [-0.15, -0.1) is 0 Å². The maximum Gasteiger partial charge on any atom is 0.414 e. The minimum Gasteiger partial charge on any atom is -0.491 e. The number of para-hydroxylation sites is 1. The van der Waals surface area contributed by atoms with Crippen LogP contribution in [0.5, 0.6) is 17.2 Å². The van der Waals surface area contributed by atoms with Gasteiger partial charge in [0.05, 0.1) is 19.6 Å². The van der Waals surface area contributed by atoms with E-state index in [9.17, 15) is 33.6 Å². The van der Waals surface area contributed by atoms with Crippen molar-refractivity contribution in [3.05, 3.63) is 66.4 Å². The number of rotatable bonds is 20. The normalized spacial score (nSPS) is 11.6. The van der Waals surface area contributed by atoms with Gasteiger partial charge in [-0.1, -0.05) is 35.1 Å². The third kappa shape index (κ3) is 34.8. The molecule has 2 aromatic carbocycles. The molecule has 1 aromatic heterocycles. The van der Waals surface area contributed by atoms with E-state index in [1.807, 2.05) is 18.2 Å². The summed E-state index contributed by atoms with van der Waals surface area (Å²) >= 11 is 0. The summed E-state index contributed by atoms with van der Waals surface area (Å²) in [5, 5.41) is 18.5. The Kier molecular flexibility index (Phi) is 29.1. The SMILES string of the molecule is CC(C)(C)OC(=O)NC(=NCCOc1ccc(CNC(=O)CCSSc2ccccn2)cc1-c1cccc(OCCN=C(NC(=O)OC(C)(C)C)NC(=O)OC(C)(C)C)c1OCCN=C(NC(=O)OC(C)(C)C)NC(=O)OC(C)(C)C)NC(=O)OC(C)(C)C. The topological polar surface area (TPSA) is 337 Å². The summed E-state index contributed by atoms with van der Waals surface area (Å²) in [6, 6.07) is 15.8. The van der Waals surface area contributed by atoms with Gasteiger partial charge in [0.1, 0.15) is 64.2 Å². The van der Waals surface area contributed by atoms with Crippen molar-refractivity contribution in [3.8, 4) is 28.4 Å². The Morgan fingerprint density at radius 3 is 1.22 bits per heavy atom. The Labute approximate surface area is 529 Å². The molecule has 492 valence electrons. The van der Waals surface area contributed by atoms with Gasteiger partial charge in [-0.25, -0.2) is 48.7 Å². The van der Waals surface area contributed by atoms with E-state index in [1.165, 1.54) is 21.6 Å². The fourth-order valence-electron chi connectivity index (χ4n) is 6.60. The second-order valence-corrected chi connectivity index (χ2v) is 27.5. The molecule has 27 nitrogen and oxygen atoms in total. The van der Waals surface area contributed by atoms with Crippen LogP contribution in [0.25, 0.3) is 11.1 Å². The summed E-state index contributed by atoms with van der Waals surface area (Å²) in [7, 11) is 2.96. The lowest BCUT2D eigenvalue weighted by atomic mass is 10.00. The molecule has 0 atom stereocenters. The molecular weight excluding hydrogens is 1190 g/mol. The van der Waals surface area contributed by atoms with Gasteiger partial charge < -0.3 is 47.9 Å². The summed E-state index contributed by atoms with van der Waals surface area (Å²) in [6.07, 6.45) is -3.49. The highest BCUT2D eigenvalue weighted by Gasteiger charge is 2.26. The highest BCUT2D eigenvalue weighted by atomic mass is 33.1. The number of nitrogens with zero attached hydrogens (tertiary/aromatic N) is 4. The lowest BCUT2D eigenvalue weighted by Crippen LogP contribution is -2.47. The van der Waals surface area contributed by atoms with Crippen molar-refractivity contribution in [1.82, 2.24) is 42.2 Å². The Morgan fingerprint density at radius 1 is 0.449 bits per heavy atom. The van der Waals surface area contributed by atoms with E-state index in [1.54, 1.807) is 167 Å². The number of carbonyl (C=O) groups is 7. The molecule has 7 N–H and O–H groups in total. The number of benzene rings is 2. The molecule has 0 aliphatic carbocycles. The van der Waals surface area contributed by atoms with Crippen molar-refractivity contribution in [2.45, 2.75) is 176 Å². The molecule has 0 unspecified atom stereocenters. The second-order valence-electron chi connectivity index (χ2n) is 25.1. The molecule has 29 heteroatoms. The molecule has 0 saturated carbocycles. The van der Waals surface area contributed by atoms with Crippen LogP contribution in [0.2, 0.25) is 0 Å². The predicted molar refractivity (Wildman–Crippen MR) is 341 cm³/mol. The van der Waals surface area contributed by atoms with E-state index < -0.39 is 70.2 Å². The molecule has 3 rings (SSSR count). The number of hydrogen-bond acceptors (Lipinski definition) is 22. The number of carbonyl (C=O) groups excluding carboxylic acids is 7. The third-order valence-electron chi connectivity index (χ3n) is 9.56. The Morgan fingerprint density at radius 2 is 0.843 bits per heavy atom. The maximum atomic E-state index is 13.2. The number of alkyl carbamates (subject to hydrolysis) is 6. The van der Waals surface area contributed by atoms with E-state index in [0.29, 0.717) is 22.4 Å². The smallest absolute Gasteiger partial charge is 0.414 e. The Hall–Kier alpha value is -8.21. The van der Waals surface area contributed by atoms with Gasteiger partial charge in [0.15, 0.2) is 11.5 Å². The van der Waals surface area contributed by atoms with Crippen LogP contribution in [0, 0.1) is 0 Å². The average Bonchev–Trinajstić information content (AvgIpc) is 1.01. The van der Waals surface area contributed by atoms with Crippen molar-refractivity contribution >= 4 is 81.9 Å². The quantitative estimate of drug-likeness (QED) is 0.0182. The van der Waals surface area contributed by atoms with Crippen LogP contribution in [0.15, 0.2) is 80.8 Å². The first-order valence-corrected chi connectivity index (χ1v) is 30.8. The second kappa shape index (κ2) is 34.5. The molecule has 89 heavy (non-hydrogen) atoms. The van der Waals surface area contributed by atoms with Crippen molar-refractivity contribution in [1.29, 1.82) is 0 Å². The molecule has 7 amide bonds. The number of ether oxygens (including phenoxy) is 9. The number of aliphatic imine (C=N–C) groups is 3. The molecule has 0 saturated heterocycles. The summed E-state index contributed by atoms with van der Waals surface area (Å²) in [6.45, 7) is 29.1. The summed E-state index contributed by atoms with van der Waals surface area (Å²) in [5.41, 5.74) is -3.90. The van der Waals surface area contributed by atoms with Crippen molar-refractivity contribution < 1.29 is 76.2 Å². The highest BCUT2D eigenvalue weighted by Crippen LogP contribution is 2.43. The first kappa shape index (κ1) is 75.0. The summed E-state index contributed by atoms with van der Waals surface area (Å²) < 4.78 is 51.7. The summed E-state index contributed by atoms with van der Waals surface area (Å²) in [4.78, 5) is 108. The first-order chi connectivity index (χ1) is 41.2. The number of nitrogens with one attached hydrogen (secondary N) is 7. The average molecular weight is 1280 g/mol. The monoisotopic (exact) mass is 1280 g/mol. The fourth-order valence-corrected chi connectivity index (χ4v) is 8.47. The lowest BCUT2D eigenvalue weighted by molar-refractivity contribution is -0.120. The van der Waals surface area contributed by atoms with Crippen molar-refractivity contribution in [3.63, 3.8) is 0 Å². The van der Waals surface area contributed by atoms with Gasteiger partial charge in [0, 0.05) is 36.0 Å². The van der Waals surface area contributed by atoms with Gasteiger partial charge in [-0.3, -0.25) is 36.7 Å². The number of hydrogen-bond donors (Lipinski definition) is 7. The standard InChI is InChI=1S/C60H89N11O16S2/c1-55(2,3)82-49(73)66-46(67-50(74)83-56(4,5)6)62-29-32-79-41-26-25-38(37-65-43(72)27-35-88-89-44-24-19-20-28-61-44)36-40(41)39-22-21-23-42(80-33-30-63-47(68-51(75)84-57(7,8)9)69-52(76)85-58(10,11)12)45(39)81-34-31-64-48(70-53(77)86-59(13,14)15)71-54(78)87-60(16,17)18/h19-26,28,36H,27,29-35,37H2,1-18H3,(H,65,72)(H2,62,66,67,73,74)(H2,63,68,69,75,76)(H2,64,70,71,77,78). The van der Waals surface area contributed by atoms with Crippen LogP contribution in [-0.2, 0) is 39.8 Å². The van der Waals surface area contributed by atoms with Gasteiger partial charge in [0.2, 0.25) is 23.8 Å². The van der Waals surface area contributed by atoms with E-state index in [2.05, 4.69) is 57.2 Å². The van der Waals surface area contributed by atoms with Crippen LogP contribution in [-0.4, -0.2) is 144 Å². The Bertz CT molecular complexity index is 2860. The van der Waals surface area contributed by atoms with E-state index in [-0.39, 0.29) is 93.5 Å². The molecular formula is C60H89N11O16S2. The van der Waals surface area contributed by atoms with Crippen LogP contribution < -0.4 is 51.4 Å². The van der Waals surface area contributed by atoms with Crippen molar-refractivity contribution in [2.75, 3.05) is 45.2 Å². The molecule has 0 aliphatic heterocycles. The lowest BCUT2D eigenvalue weighted by Gasteiger charge is -2.22. The molecule has 0 spiro atoms. The Balaban J connectivity index is 2.18. The van der Waals surface area contributed by atoms with Crippen LogP contribution in [0.4, 0.5) is 28.8 Å². The molecule has 0 bridgehead atoms. The minimum atomic E-state index is -0.912. The van der Waals surface area contributed by atoms with E-state index in [4.69, 9.17) is 42.6 Å². The third-order valence-corrected chi connectivity index (χ3v) is 11.8. The zero-order valence-corrected chi connectivity index (χ0v) is 55.9. The van der Waals surface area contributed by atoms with Gasteiger partial charge >= 0.3 is 36.6 Å². The van der Waals surface area contributed by atoms with Crippen molar-refractivity contribution in [2.24, 2.45) is 15.0 Å². The minimum absolute atomic E-state index is 0.0959. The maximum absolute atomic E-state index is 13.2. The molecule has 3 aromatic rings. The summed E-state index contributed by atoms with van der Waals surface area (Å²) in [5.74, 6) is -0.000000491. The molecule has 0 aliphatic rings. The van der Waals surface area contributed by atoms with Gasteiger partial charge in [0.25, 0.3) is 0 Å². The highest BCUT2D eigenvalue weighted by molar-refractivity contribution is 8.76. The van der Waals surface area contributed by atoms with E-state index >= 15 is 0 Å². The van der Waals surface area contributed by atoms with Gasteiger partial charge in [-0.2, -0.15) is 0 Å².